The Morgan fingerprint density at radius 3 is 2.57 bits per heavy atom. The summed E-state index contributed by atoms with van der Waals surface area (Å²) in [6.07, 6.45) is 1.49. The summed E-state index contributed by atoms with van der Waals surface area (Å²) in [5.41, 5.74) is 0.924. The molecule has 6 nitrogen and oxygen atoms in total. The van der Waals surface area contributed by atoms with E-state index in [4.69, 9.17) is 10.00 Å². The molecule has 0 aliphatic heterocycles. The maximum atomic E-state index is 11.4. The molecule has 1 aromatic heterocycles. The monoisotopic (exact) mass is 303 g/mol. The molecule has 0 aliphatic carbocycles. The molecule has 0 amide bonds. The zero-order valence-corrected chi connectivity index (χ0v) is 12.1. The summed E-state index contributed by atoms with van der Waals surface area (Å²) in [5, 5.41) is 8.77. The molecule has 108 valence electrons. The van der Waals surface area contributed by atoms with Crippen molar-refractivity contribution in [3.05, 3.63) is 53.9 Å². The number of hydrogen-bond acceptors (Lipinski definition) is 5. The van der Waals surface area contributed by atoms with E-state index in [2.05, 4.69) is 9.71 Å². The zero-order chi connectivity index (χ0) is 15.3. The van der Waals surface area contributed by atoms with E-state index < -0.39 is 10.0 Å². The molecule has 7 heteroatoms. The van der Waals surface area contributed by atoms with Crippen LogP contribution in [-0.2, 0) is 15.8 Å². The molecule has 2 aromatic rings. The van der Waals surface area contributed by atoms with Gasteiger partial charge in [-0.3, -0.25) is 0 Å². The minimum absolute atomic E-state index is 0.0857. The Morgan fingerprint density at radius 1 is 1.24 bits per heavy atom. The molecule has 0 spiro atoms. The first-order valence-electron chi connectivity index (χ1n) is 6.06. The van der Waals surface area contributed by atoms with Crippen molar-refractivity contribution in [2.75, 3.05) is 7.05 Å². The van der Waals surface area contributed by atoms with Crippen LogP contribution in [0.5, 0.6) is 11.5 Å². The second-order valence-corrected chi connectivity index (χ2v) is 6.12. The number of hydrogen-bond donors (Lipinski definition) is 1. The third-order valence-electron chi connectivity index (χ3n) is 2.67. The lowest BCUT2D eigenvalue weighted by atomic mass is 10.2. The topological polar surface area (TPSA) is 92.1 Å². The van der Waals surface area contributed by atoms with Gasteiger partial charge in [-0.2, -0.15) is 5.26 Å². The van der Waals surface area contributed by atoms with Gasteiger partial charge in [-0.05, 0) is 30.8 Å². The highest BCUT2D eigenvalue weighted by atomic mass is 32.2. The number of ether oxygens (including phenoxy) is 1. The lowest BCUT2D eigenvalue weighted by Gasteiger charge is -2.07. The number of nitrogens with one attached hydrogen (secondary N) is 1. The van der Waals surface area contributed by atoms with Crippen molar-refractivity contribution in [1.29, 1.82) is 5.26 Å². The van der Waals surface area contributed by atoms with E-state index in [1.165, 1.54) is 19.3 Å². The van der Waals surface area contributed by atoms with Crippen LogP contribution in [0.2, 0.25) is 0 Å². The summed E-state index contributed by atoms with van der Waals surface area (Å²) in [4.78, 5) is 3.85. The SMILES string of the molecule is CNS(=O)(=O)Cc1ccc(Oc2ccnc(C#N)c2)cc1. The molecule has 0 atom stereocenters. The minimum Gasteiger partial charge on any atom is -0.457 e. The molecule has 1 heterocycles. The van der Waals surface area contributed by atoms with Crippen LogP contribution in [0.1, 0.15) is 11.3 Å². The molecule has 0 fully saturated rings. The van der Waals surface area contributed by atoms with E-state index in [0.29, 0.717) is 17.1 Å². The van der Waals surface area contributed by atoms with Crippen molar-refractivity contribution in [2.24, 2.45) is 0 Å². The summed E-state index contributed by atoms with van der Waals surface area (Å²) in [7, 11) is -1.91. The van der Waals surface area contributed by atoms with Crippen LogP contribution >= 0.6 is 0 Å². The average molecular weight is 303 g/mol. The Bertz CT molecular complexity index is 765. The summed E-state index contributed by atoms with van der Waals surface area (Å²) < 4.78 is 30.7. The first-order valence-corrected chi connectivity index (χ1v) is 7.72. The highest BCUT2D eigenvalue weighted by Crippen LogP contribution is 2.22. The van der Waals surface area contributed by atoms with Gasteiger partial charge in [-0.25, -0.2) is 18.1 Å². The third-order valence-corrected chi connectivity index (χ3v) is 4.01. The number of nitriles is 1. The number of benzene rings is 1. The molecule has 0 bridgehead atoms. The maximum Gasteiger partial charge on any atom is 0.215 e. The van der Waals surface area contributed by atoms with Crippen molar-refractivity contribution in [3.63, 3.8) is 0 Å². The van der Waals surface area contributed by atoms with Gasteiger partial charge in [0.1, 0.15) is 23.3 Å². The smallest absolute Gasteiger partial charge is 0.215 e. The van der Waals surface area contributed by atoms with E-state index in [1.54, 1.807) is 30.3 Å². The van der Waals surface area contributed by atoms with Crippen LogP contribution in [-0.4, -0.2) is 20.4 Å². The van der Waals surface area contributed by atoms with Crippen LogP contribution in [0, 0.1) is 11.3 Å². The first kappa shape index (κ1) is 15.0. The molecule has 0 unspecified atom stereocenters. The van der Waals surface area contributed by atoms with Crippen LogP contribution in [0.3, 0.4) is 0 Å². The van der Waals surface area contributed by atoms with E-state index in [-0.39, 0.29) is 11.4 Å². The van der Waals surface area contributed by atoms with Crippen LogP contribution in [0.4, 0.5) is 0 Å². The summed E-state index contributed by atoms with van der Waals surface area (Å²) >= 11 is 0. The fourth-order valence-electron chi connectivity index (χ4n) is 1.62. The van der Waals surface area contributed by atoms with E-state index in [1.807, 2.05) is 6.07 Å². The summed E-state index contributed by atoms with van der Waals surface area (Å²) in [5.74, 6) is 0.963. The Hall–Kier alpha value is -2.43. The van der Waals surface area contributed by atoms with Gasteiger partial charge in [0.25, 0.3) is 0 Å². The number of aromatic nitrogens is 1. The highest BCUT2D eigenvalue weighted by molar-refractivity contribution is 7.88. The van der Waals surface area contributed by atoms with Crippen molar-refractivity contribution in [3.8, 4) is 17.6 Å². The van der Waals surface area contributed by atoms with Crippen molar-refractivity contribution in [2.45, 2.75) is 5.75 Å². The van der Waals surface area contributed by atoms with Gasteiger partial charge < -0.3 is 4.74 Å². The molecular formula is C14H13N3O3S. The zero-order valence-electron chi connectivity index (χ0n) is 11.3. The predicted octanol–water partition coefficient (Wildman–Crippen LogP) is 1.79. The Kier molecular flexibility index (Phi) is 4.52. The fourth-order valence-corrected chi connectivity index (χ4v) is 2.39. The van der Waals surface area contributed by atoms with Crippen LogP contribution in [0.15, 0.2) is 42.6 Å². The van der Waals surface area contributed by atoms with E-state index >= 15 is 0 Å². The first-order chi connectivity index (χ1) is 10.0. The lowest BCUT2D eigenvalue weighted by Crippen LogP contribution is -2.20. The molecule has 21 heavy (non-hydrogen) atoms. The highest BCUT2D eigenvalue weighted by Gasteiger charge is 2.08. The van der Waals surface area contributed by atoms with Crippen molar-refractivity contribution in [1.82, 2.24) is 9.71 Å². The summed E-state index contributed by atoms with van der Waals surface area (Å²) in [6, 6.07) is 11.8. The Morgan fingerprint density at radius 2 is 1.95 bits per heavy atom. The molecule has 0 saturated heterocycles. The molecular weight excluding hydrogens is 290 g/mol. The van der Waals surface area contributed by atoms with Gasteiger partial charge in [0.05, 0.1) is 5.75 Å². The second kappa shape index (κ2) is 6.35. The third kappa shape index (κ3) is 4.27. The Labute approximate surface area is 123 Å². The average Bonchev–Trinajstić information content (AvgIpc) is 2.49. The number of pyridine rings is 1. The summed E-state index contributed by atoms with van der Waals surface area (Å²) in [6.45, 7) is 0. The van der Waals surface area contributed by atoms with Crippen LogP contribution < -0.4 is 9.46 Å². The normalized spacial score (nSPS) is 10.9. The van der Waals surface area contributed by atoms with Crippen LogP contribution in [0.25, 0.3) is 0 Å². The largest absolute Gasteiger partial charge is 0.457 e. The van der Waals surface area contributed by atoms with Crippen molar-refractivity contribution < 1.29 is 13.2 Å². The quantitative estimate of drug-likeness (QED) is 0.909. The van der Waals surface area contributed by atoms with E-state index in [9.17, 15) is 8.42 Å². The van der Waals surface area contributed by atoms with Crippen molar-refractivity contribution >= 4 is 10.0 Å². The Balaban J connectivity index is 2.11. The van der Waals surface area contributed by atoms with E-state index in [0.717, 1.165) is 0 Å². The maximum absolute atomic E-state index is 11.4. The molecule has 0 saturated carbocycles. The standard InChI is InChI=1S/C14H13N3O3S/c1-16-21(18,19)10-11-2-4-13(5-3-11)20-14-6-7-17-12(8-14)9-15/h2-8,16H,10H2,1H3. The van der Waals surface area contributed by atoms with Gasteiger partial charge in [0, 0.05) is 12.3 Å². The second-order valence-electron chi connectivity index (χ2n) is 4.20. The number of rotatable bonds is 5. The van der Waals surface area contributed by atoms with Gasteiger partial charge in [0.2, 0.25) is 10.0 Å². The molecule has 1 N–H and O–H groups in total. The number of sulfonamides is 1. The molecule has 0 radical (unpaired) electrons. The lowest BCUT2D eigenvalue weighted by molar-refractivity contribution is 0.481. The fraction of sp³-hybridized carbons (Fsp3) is 0.143. The predicted molar refractivity (Wildman–Crippen MR) is 77.2 cm³/mol. The van der Waals surface area contributed by atoms with Gasteiger partial charge in [-0.15, -0.1) is 0 Å². The van der Waals surface area contributed by atoms with Gasteiger partial charge in [-0.1, -0.05) is 12.1 Å². The molecule has 0 aliphatic rings. The molecule has 1 aromatic carbocycles. The van der Waals surface area contributed by atoms with Gasteiger partial charge >= 0.3 is 0 Å². The molecule has 2 rings (SSSR count). The number of nitrogens with zero attached hydrogens (tertiary/aromatic N) is 2. The minimum atomic E-state index is -3.29. The van der Waals surface area contributed by atoms with Gasteiger partial charge in [0.15, 0.2) is 0 Å².